The van der Waals surface area contributed by atoms with Crippen LogP contribution >= 0.6 is 27.3 Å². The molecule has 0 atom stereocenters. The Morgan fingerprint density at radius 3 is 2.69 bits per heavy atom. The second-order valence-corrected chi connectivity index (χ2v) is 6.35. The number of halogens is 1. The third kappa shape index (κ3) is 2.73. The number of rotatable bonds is 3. The molecule has 1 nitrogen and oxygen atoms in total. The quantitative estimate of drug-likeness (QED) is 0.911. The number of thiophene rings is 1. The van der Waals surface area contributed by atoms with Crippen LogP contribution in [0.4, 0.5) is 0 Å². The molecule has 0 unspecified atom stereocenters. The molecule has 16 heavy (non-hydrogen) atoms. The summed E-state index contributed by atoms with van der Waals surface area (Å²) in [5.41, 5.74) is 3.55. The minimum absolute atomic E-state index is 0.113. The lowest BCUT2D eigenvalue weighted by Gasteiger charge is -2.06. The van der Waals surface area contributed by atoms with E-state index in [2.05, 4.69) is 47.1 Å². The van der Waals surface area contributed by atoms with Crippen LogP contribution in [0.15, 0.2) is 34.1 Å². The molecule has 0 saturated heterocycles. The van der Waals surface area contributed by atoms with Gasteiger partial charge in [0.1, 0.15) is 0 Å². The van der Waals surface area contributed by atoms with Gasteiger partial charge in [0.2, 0.25) is 0 Å². The third-order valence-corrected chi connectivity index (χ3v) is 4.21. The third-order valence-electron chi connectivity index (χ3n) is 2.59. The number of aryl methyl sites for hydroxylation is 1. The van der Waals surface area contributed by atoms with Gasteiger partial charge in [0.05, 0.1) is 10.4 Å². The molecule has 2 rings (SSSR count). The van der Waals surface area contributed by atoms with Crippen LogP contribution in [0.3, 0.4) is 0 Å². The molecule has 1 N–H and O–H groups in total. The molecule has 0 saturated carbocycles. The van der Waals surface area contributed by atoms with Crippen LogP contribution in [0.1, 0.15) is 21.6 Å². The van der Waals surface area contributed by atoms with Crippen LogP contribution < -0.4 is 0 Å². The molecule has 1 heterocycles. The molecule has 0 aliphatic heterocycles. The van der Waals surface area contributed by atoms with E-state index >= 15 is 0 Å². The van der Waals surface area contributed by atoms with Gasteiger partial charge in [0.15, 0.2) is 0 Å². The van der Waals surface area contributed by atoms with Gasteiger partial charge in [0.25, 0.3) is 0 Å². The summed E-state index contributed by atoms with van der Waals surface area (Å²) in [6, 6.07) is 10.3. The van der Waals surface area contributed by atoms with Gasteiger partial charge in [-0.2, -0.15) is 0 Å². The normalized spacial score (nSPS) is 10.7. The first-order valence-electron chi connectivity index (χ1n) is 5.12. The van der Waals surface area contributed by atoms with Crippen LogP contribution in [0, 0.1) is 6.92 Å². The molecule has 0 aliphatic rings. The van der Waals surface area contributed by atoms with Gasteiger partial charge >= 0.3 is 0 Å². The van der Waals surface area contributed by atoms with Crippen molar-refractivity contribution < 1.29 is 5.11 Å². The van der Waals surface area contributed by atoms with E-state index in [0.717, 1.165) is 12.0 Å². The summed E-state index contributed by atoms with van der Waals surface area (Å²) in [6.45, 7) is 2.22. The highest BCUT2D eigenvalue weighted by molar-refractivity contribution is 9.11. The van der Waals surface area contributed by atoms with Gasteiger partial charge in [-0.25, -0.2) is 0 Å². The molecule has 0 radical (unpaired) electrons. The average molecular weight is 297 g/mol. The molecular weight excluding hydrogens is 284 g/mol. The Kier molecular flexibility index (Phi) is 3.79. The second-order valence-electron chi connectivity index (χ2n) is 3.80. The lowest BCUT2D eigenvalue weighted by molar-refractivity contribution is 0.281. The van der Waals surface area contributed by atoms with Crippen molar-refractivity contribution in [2.75, 3.05) is 0 Å². The number of hydrogen-bond acceptors (Lipinski definition) is 2. The van der Waals surface area contributed by atoms with Gasteiger partial charge in [-0.05, 0) is 51.7 Å². The minimum Gasteiger partial charge on any atom is -0.392 e. The molecule has 84 valence electrons. The topological polar surface area (TPSA) is 20.2 Å². The van der Waals surface area contributed by atoms with Gasteiger partial charge in [-0.1, -0.05) is 18.2 Å². The lowest BCUT2D eigenvalue weighted by Crippen LogP contribution is -1.92. The van der Waals surface area contributed by atoms with Crippen LogP contribution in [0.25, 0.3) is 0 Å². The first kappa shape index (κ1) is 11.8. The van der Waals surface area contributed by atoms with E-state index in [1.54, 1.807) is 11.3 Å². The van der Waals surface area contributed by atoms with Crippen molar-refractivity contribution in [3.05, 3.63) is 55.7 Å². The van der Waals surface area contributed by atoms with Gasteiger partial charge < -0.3 is 5.11 Å². The predicted octanol–water partition coefficient (Wildman–Crippen LogP) is 3.90. The van der Waals surface area contributed by atoms with E-state index in [1.807, 2.05) is 6.07 Å². The van der Waals surface area contributed by atoms with Crippen molar-refractivity contribution in [2.45, 2.75) is 20.0 Å². The summed E-state index contributed by atoms with van der Waals surface area (Å²) >= 11 is 5.23. The van der Waals surface area contributed by atoms with Crippen molar-refractivity contribution in [2.24, 2.45) is 0 Å². The molecule has 3 heteroatoms. The van der Waals surface area contributed by atoms with Gasteiger partial charge in [0, 0.05) is 11.3 Å². The van der Waals surface area contributed by atoms with E-state index in [-0.39, 0.29) is 6.61 Å². The molecule has 2 aromatic rings. The Morgan fingerprint density at radius 1 is 1.25 bits per heavy atom. The Morgan fingerprint density at radius 2 is 2.06 bits per heavy atom. The van der Waals surface area contributed by atoms with E-state index in [4.69, 9.17) is 5.11 Å². The number of aliphatic hydroxyl groups excluding tert-OH is 1. The summed E-state index contributed by atoms with van der Waals surface area (Å²) in [5.74, 6) is 0. The Bertz CT molecular complexity index is 490. The highest BCUT2D eigenvalue weighted by Crippen LogP contribution is 2.25. The highest BCUT2D eigenvalue weighted by Gasteiger charge is 2.04. The van der Waals surface area contributed by atoms with Crippen LogP contribution in [-0.2, 0) is 13.0 Å². The monoisotopic (exact) mass is 296 g/mol. The maximum atomic E-state index is 9.12. The van der Waals surface area contributed by atoms with E-state index < -0.39 is 0 Å². The number of aliphatic hydroxyl groups is 1. The molecule has 0 amide bonds. The summed E-state index contributed by atoms with van der Waals surface area (Å²) in [4.78, 5) is 1.34. The smallest absolute Gasteiger partial charge is 0.0701 e. The van der Waals surface area contributed by atoms with Crippen molar-refractivity contribution in [1.82, 2.24) is 0 Å². The zero-order valence-corrected chi connectivity index (χ0v) is 11.4. The summed E-state index contributed by atoms with van der Waals surface area (Å²) in [7, 11) is 0. The predicted molar refractivity (Wildman–Crippen MR) is 71.9 cm³/mol. The maximum Gasteiger partial charge on any atom is 0.0701 e. The van der Waals surface area contributed by atoms with E-state index in [0.29, 0.717) is 0 Å². The fourth-order valence-electron chi connectivity index (χ4n) is 1.65. The van der Waals surface area contributed by atoms with Gasteiger partial charge in [-0.3, -0.25) is 0 Å². The molecular formula is C13H13BrOS. The van der Waals surface area contributed by atoms with E-state index in [9.17, 15) is 0 Å². The second kappa shape index (κ2) is 5.13. The average Bonchev–Trinajstić information content (AvgIpc) is 2.67. The van der Waals surface area contributed by atoms with Crippen LogP contribution in [0.5, 0.6) is 0 Å². The van der Waals surface area contributed by atoms with Crippen molar-refractivity contribution >= 4 is 27.3 Å². The molecule has 0 fully saturated rings. The number of hydrogen-bond donors (Lipinski definition) is 1. The van der Waals surface area contributed by atoms with Crippen molar-refractivity contribution in [1.29, 1.82) is 0 Å². The Balaban J connectivity index is 2.26. The Labute approximate surface area is 108 Å². The lowest BCUT2D eigenvalue weighted by atomic mass is 10.0. The Hall–Kier alpha value is -0.640. The first-order chi connectivity index (χ1) is 7.69. The molecule has 1 aromatic heterocycles. The summed E-state index contributed by atoms with van der Waals surface area (Å²) in [6.07, 6.45) is 0.940. The van der Waals surface area contributed by atoms with Crippen molar-refractivity contribution in [3.63, 3.8) is 0 Å². The minimum atomic E-state index is 0.113. The summed E-state index contributed by atoms with van der Waals surface area (Å²) in [5, 5.41) is 9.12. The molecule has 1 aromatic carbocycles. The SMILES string of the molecule is Cc1ccc(CO)cc1Cc1ccc(Br)s1. The first-order valence-corrected chi connectivity index (χ1v) is 6.73. The fourth-order valence-corrected chi connectivity index (χ4v) is 3.15. The number of benzene rings is 1. The van der Waals surface area contributed by atoms with Crippen LogP contribution in [-0.4, -0.2) is 5.11 Å². The molecule has 0 spiro atoms. The standard InChI is InChI=1S/C13H13BrOS/c1-9-2-3-10(8-15)6-11(9)7-12-4-5-13(14)16-12/h2-6,15H,7-8H2,1H3. The highest BCUT2D eigenvalue weighted by atomic mass is 79.9. The molecule has 0 bridgehead atoms. The fraction of sp³-hybridized carbons (Fsp3) is 0.231. The zero-order chi connectivity index (χ0) is 11.5. The summed E-state index contributed by atoms with van der Waals surface area (Å²) < 4.78 is 1.17. The van der Waals surface area contributed by atoms with Crippen LogP contribution in [0.2, 0.25) is 0 Å². The van der Waals surface area contributed by atoms with Crippen molar-refractivity contribution in [3.8, 4) is 0 Å². The zero-order valence-electron chi connectivity index (χ0n) is 9.03. The van der Waals surface area contributed by atoms with E-state index in [1.165, 1.54) is 19.8 Å². The largest absolute Gasteiger partial charge is 0.392 e. The maximum absolute atomic E-state index is 9.12. The van der Waals surface area contributed by atoms with Gasteiger partial charge in [-0.15, -0.1) is 11.3 Å². The molecule has 0 aliphatic carbocycles.